The van der Waals surface area contributed by atoms with Crippen LogP contribution in [0.2, 0.25) is 5.02 Å². The maximum Gasteiger partial charge on any atom is 0.246 e. The molecule has 1 amide bonds. The normalized spacial score (nSPS) is 11.0. The fourth-order valence-electron chi connectivity index (χ4n) is 2.49. The number of hydrogen-bond acceptors (Lipinski definition) is 2. The van der Waals surface area contributed by atoms with Crippen molar-refractivity contribution in [1.82, 2.24) is 9.78 Å². The van der Waals surface area contributed by atoms with E-state index in [1.807, 2.05) is 39.0 Å². The first kappa shape index (κ1) is 16.6. The molecule has 0 atom stereocenters. The highest BCUT2D eigenvalue weighted by molar-refractivity contribution is 6.31. The topological polar surface area (TPSA) is 46.9 Å². The van der Waals surface area contributed by atoms with Crippen molar-refractivity contribution in [1.29, 1.82) is 0 Å². The first-order valence-corrected chi connectivity index (χ1v) is 7.78. The highest BCUT2D eigenvalue weighted by atomic mass is 35.5. The maximum atomic E-state index is 12.4. The van der Waals surface area contributed by atoms with Crippen LogP contribution in [0.3, 0.4) is 0 Å². The number of para-hydroxylation sites is 1. The van der Waals surface area contributed by atoms with Gasteiger partial charge in [0, 0.05) is 5.69 Å². The average Bonchev–Trinajstić information content (AvgIpc) is 2.68. The molecule has 0 unspecified atom stereocenters. The van der Waals surface area contributed by atoms with E-state index in [9.17, 15) is 4.79 Å². The van der Waals surface area contributed by atoms with Crippen LogP contribution < -0.4 is 5.32 Å². The second-order valence-electron chi connectivity index (χ2n) is 5.88. The van der Waals surface area contributed by atoms with Crippen LogP contribution in [0.4, 0.5) is 5.69 Å². The van der Waals surface area contributed by atoms with Crippen LogP contribution in [-0.4, -0.2) is 15.7 Å². The van der Waals surface area contributed by atoms with Crippen LogP contribution in [0.15, 0.2) is 18.2 Å². The molecule has 22 heavy (non-hydrogen) atoms. The third-order valence-electron chi connectivity index (χ3n) is 3.78. The molecule has 5 heteroatoms. The largest absolute Gasteiger partial charge is 0.324 e. The van der Waals surface area contributed by atoms with Gasteiger partial charge in [0.25, 0.3) is 0 Å². The summed E-state index contributed by atoms with van der Waals surface area (Å²) in [4.78, 5) is 12.4. The summed E-state index contributed by atoms with van der Waals surface area (Å²) in [5.41, 5.74) is 4.65. The van der Waals surface area contributed by atoms with E-state index in [1.165, 1.54) is 0 Å². The van der Waals surface area contributed by atoms with Crippen molar-refractivity contribution in [3.63, 3.8) is 0 Å². The number of hydrogen-bond donors (Lipinski definition) is 1. The highest BCUT2D eigenvalue weighted by Gasteiger charge is 2.15. The molecule has 0 saturated carbocycles. The molecule has 0 fully saturated rings. The second kappa shape index (κ2) is 6.53. The molecule has 2 aromatic rings. The molecular formula is C17H22ClN3O. The fraction of sp³-hybridized carbons (Fsp3) is 0.412. The Balaban J connectivity index is 2.21. The Labute approximate surface area is 136 Å². The monoisotopic (exact) mass is 319 g/mol. The maximum absolute atomic E-state index is 12.4. The predicted octanol–water partition coefficient (Wildman–Crippen LogP) is 4.22. The van der Waals surface area contributed by atoms with E-state index in [0.29, 0.717) is 10.9 Å². The summed E-state index contributed by atoms with van der Waals surface area (Å²) in [5, 5.41) is 7.93. The molecule has 0 bridgehead atoms. The summed E-state index contributed by atoms with van der Waals surface area (Å²) < 4.78 is 1.64. The number of halogens is 1. The van der Waals surface area contributed by atoms with Gasteiger partial charge in [0.15, 0.2) is 0 Å². The van der Waals surface area contributed by atoms with Gasteiger partial charge >= 0.3 is 0 Å². The number of aryl methyl sites for hydroxylation is 2. The summed E-state index contributed by atoms with van der Waals surface area (Å²) in [6, 6.07) is 6.07. The van der Waals surface area contributed by atoms with E-state index < -0.39 is 0 Å². The van der Waals surface area contributed by atoms with Gasteiger partial charge in [-0.2, -0.15) is 5.10 Å². The van der Waals surface area contributed by atoms with E-state index in [1.54, 1.807) is 4.68 Å². The standard InChI is InChI=1S/C17H22ClN3O/c1-10(2)14-8-6-7-11(3)17(14)19-15(22)9-21-13(5)16(18)12(4)20-21/h6-8,10H,9H2,1-5H3,(H,19,22). The predicted molar refractivity (Wildman–Crippen MR) is 90.6 cm³/mol. The number of anilines is 1. The summed E-state index contributed by atoms with van der Waals surface area (Å²) in [6.07, 6.45) is 0. The number of nitrogens with zero attached hydrogens (tertiary/aromatic N) is 2. The Morgan fingerprint density at radius 3 is 2.55 bits per heavy atom. The summed E-state index contributed by atoms with van der Waals surface area (Å²) >= 11 is 6.12. The summed E-state index contributed by atoms with van der Waals surface area (Å²) in [6.45, 7) is 10.1. The molecule has 0 spiro atoms. The Morgan fingerprint density at radius 1 is 1.32 bits per heavy atom. The van der Waals surface area contributed by atoms with Gasteiger partial charge in [-0.05, 0) is 37.8 Å². The number of nitrogens with one attached hydrogen (secondary N) is 1. The van der Waals surface area contributed by atoms with E-state index in [2.05, 4.69) is 24.3 Å². The molecule has 0 aliphatic rings. The van der Waals surface area contributed by atoms with Gasteiger partial charge < -0.3 is 5.32 Å². The zero-order chi connectivity index (χ0) is 16.4. The van der Waals surface area contributed by atoms with Crippen LogP contribution in [0.5, 0.6) is 0 Å². The average molecular weight is 320 g/mol. The van der Waals surface area contributed by atoms with Crippen LogP contribution >= 0.6 is 11.6 Å². The molecule has 0 saturated heterocycles. The molecule has 0 radical (unpaired) electrons. The molecule has 2 rings (SSSR count). The number of carbonyl (C=O) groups is 1. The Morgan fingerprint density at radius 2 is 2.00 bits per heavy atom. The number of carbonyl (C=O) groups excluding carboxylic acids is 1. The third-order valence-corrected chi connectivity index (χ3v) is 4.33. The first-order valence-electron chi connectivity index (χ1n) is 7.40. The van der Waals surface area contributed by atoms with Gasteiger partial charge in [-0.1, -0.05) is 43.6 Å². The van der Waals surface area contributed by atoms with E-state index >= 15 is 0 Å². The SMILES string of the molecule is Cc1cccc(C(C)C)c1NC(=O)Cn1nc(C)c(Cl)c1C. The minimum atomic E-state index is -0.0986. The van der Waals surface area contributed by atoms with E-state index in [4.69, 9.17) is 11.6 Å². The molecule has 118 valence electrons. The van der Waals surface area contributed by atoms with Crippen LogP contribution in [0.1, 0.15) is 42.3 Å². The minimum absolute atomic E-state index is 0.0986. The fourth-order valence-corrected chi connectivity index (χ4v) is 2.62. The minimum Gasteiger partial charge on any atom is -0.324 e. The lowest BCUT2D eigenvalue weighted by molar-refractivity contribution is -0.116. The second-order valence-corrected chi connectivity index (χ2v) is 6.26. The van der Waals surface area contributed by atoms with Gasteiger partial charge in [0.05, 0.1) is 16.4 Å². The van der Waals surface area contributed by atoms with Crippen molar-refractivity contribution in [3.8, 4) is 0 Å². The molecule has 1 aromatic heterocycles. The molecule has 1 aromatic carbocycles. The van der Waals surface area contributed by atoms with Crippen molar-refractivity contribution in [2.24, 2.45) is 0 Å². The van der Waals surface area contributed by atoms with Crippen molar-refractivity contribution in [2.45, 2.75) is 47.1 Å². The Hall–Kier alpha value is -1.81. The Bertz CT molecular complexity index is 704. The van der Waals surface area contributed by atoms with Crippen molar-refractivity contribution in [3.05, 3.63) is 45.7 Å². The number of amides is 1. The van der Waals surface area contributed by atoms with Gasteiger partial charge in [-0.15, -0.1) is 0 Å². The van der Waals surface area contributed by atoms with Crippen LogP contribution in [-0.2, 0) is 11.3 Å². The lowest BCUT2D eigenvalue weighted by Gasteiger charge is -2.16. The van der Waals surface area contributed by atoms with Crippen LogP contribution in [0, 0.1) is 20.8 Å². The van der Waals surface area contributed by atoms with Crippen molar-refractivity contribution >= 4 is 23.2 Å². The molecule has 0 aliphatic carbocycles. The third kappa shape index (κ3) is 3.33. The van der Waals surface area contributed by atoms with Gasteiger partial charge in [-0.3, -0.25) is 9.48 Å². The zero-order valence-corrected chi connectivity index (χ0v) is 14.5. The Kier molecular flexibility index (Phi) is 4.91. The van der Waals surface area contributed by atoms with Crippen molar-refractivity contribution in [2.75, 3.05) is 5.32 Å². The quantitative estimate of drug-likeness (QED) is 0.917. The first-order chi connectivity index (χ1) is 10.3. The number of rotatable bonds is 4. The zero-order valence-electron chi connectivity index (χ0n) is 13.7. The van der Waals surface area contributed by atoms with Crippen molar-refractivity contribution < 1.29 is 4.79 Å². The molecule has 0 aliphatic heterocycles. The van der Waals surface area contributed by atoms with E-state index in [-0.39, 0.29) is 12.5 Å². The number of benzene rings is 1. The summed E-state index contributed by atoms with van der Waals surface area (Å²) in [7, 11) is 0. The lowest BCUT2D eigenvalue weighted by atomic mass is 9.98. The molecular weight excluding hydrogens is 298 g/mol. The summed E-state index contributed by atoms with van der Waals surface area (Å²) in [5.74, 6) is 0.247. The van der Waals surface area contributed by atoms with Gasteiger partial charge in [0.1, 0.15) is 6.54 Å². The van der Waals surface area contributed by atoms with Gasteiger partial charge in [-0.25, -0.2) is 0 Å². The molecule has 1 N–H and O–H groups in total. The van der Waals surface area contributed by atoms with Crippen LogP contribution in [0.25, 0.3) is 0 Å². The highest BCUT2D eigenvalue weighted by Crippen LogP contribution is 2.27. The van der Waals surface area contributed by atoms with Gasteiger partial charge in [0.2, 0.25) is 5.91 Å². The van der Waals surface area contributed by atoms with E-state index in [0.717, 1.165) is 28.2 Å². The number of aromatic nitrogens is 2. The molecule has 1 heterocycles. The lowest BCUT2D eigenvalue weighted by Crippen LogP contribution is -2.21. The molecule has 4 nitrogen and oxygen atoms in total. The smallest absolute Gasteiger partial charge is 0.246 e.